The lowest BCUT2D eigenvalue weighted by Crippen LogP contribution is -2.07. The molecule has 0 radical (unpaired) electrons. The predicted molar refractivity (Wildman–Crippen MR) is 147 cm³/mol. The predicted octanol–water partition coefficient (Wildman–Crippen LogP) is 6.54. The van der Waals surface area contributed by atoms with Crippen LogP contribution in [0, 0.1) is 22.7 Å². The molecule has 0 atom stereocenters. The zero-order valence-electron chi connectivity index (χ0n) is 21.2. The van der Waals surface area contributed by atoms with Gasteiger partial charge in [-0.15, -0.1) is 0 Å². The second kappa shape index (κ2) is 12.3. The zero-order valence-corrected chi connectivity index (χ0v) is 21.2. The molecular weight excluding hydrogens is 474 g/mol. The normalized spacial score (nSPS) is 12.7. The summed E-state index contributed by atoms with van der Waals surface area (Å²) in [6.45, 7) is 5.48. The van der Waals surface area contributed by atoms with E-state index in [1.165, 1.54) is 6.20 Å². The van der Waals surface area contributed by atoms with Crippen LogP contribution in [0.2, 0.25) is 0 Å². The van der Waals surface area contributed by atoms with E-state index in [2.05, 4.69) is 23.8 Å². The van der Waals surface area contributed by atoms with E-state index < -0.39 is 0 Å². The van der Waals surface area contributed by atoms with Crippen molar-refractivity contribution in [3.8, 4) is 34.8 Å². The average Bonchev–Trinajstić information content (AvgIpc) is 3.44. The molecule has 0 aliphatic heterocycles. The Morgan fingerprint density at radius 2 is 1.84 bits per heavy atom. The van der Waals surface area contributed by atoms with E-state index in [0.29, 0.717) is 33.8 Å². The maximum atomic E-state index is 12.1. The van der Waals surface area contributed by atoms with Crippen LogP contribution in [0.3, 0.4) is 0 Å². The number of nitrogens with zero attached hydrogens (tertiary/aromatic N) is 3. The van der Waals surface area contributed by atoms with Crippen LogP contribution in [-0.2, 0) is 19.4 Å². The highest BCUT2D eigenvalue weighted by Crippen LogP contribution is 2.39. The minimum Gasteiger partial charge on any atom is -0.488 e. The number of allylic oxidation sites excluding steroid dienone is 1. The highest BCUT2D eigenvalue weighted by atomic mass is 16.5. The van der Waals surface area contributed by atoms with Gasteiger partial charge in [-0.25, -0.2) is 0 Å². The van der Waals surface area contributed by atoms with E-state index in [0.717, 1.165) is 53.4 Å². The second-order valence-electron chi connectivity index (χ2n) is 8.94. The van der Waals surface area contributed by atoms with E-state index in [4.69, 9.17) is 14.7 Å². The largest absolute Gasteiger partial charge is 0.488 e. The molecule has 1 aliphatic carbocycles. The fourth-order valence-electron chi connectivity index (χ4n) is 4.69. The molecule has 0 saturated carbocycles. The Kier molecular flexibility index (Phi) is 8.49. The summed E-state index contributed by atoms with van der Waals surface area (Å²) >= 11 is 0. The Morgan fingerprint density at radius 1 is 1.05 bits per heavy atom. The van der Waals surface area contributed by atoms with Gasteiger partial charge in [-0.05, 0) is 61.2 Å². The molecule has 0 spiro atoms. The summed E-state index contributed by atoms with van der Waals surface area (Å²) in [5.74, 6) is 1.05. The Labute approximate surface area is 222 Å². The molecule has 0 aromatic heterocycles. The van der Waals surface area contributed by atoms with E-state index in [1.54, 1.807) is 19.1 Å². The third-order valence-electron chi connectivity index (χ3n) is 6.45. The number of hydrogen-bond donors (Lipinski definition) is 0. The first kappa shape index (κ1) is 26.1. The summed E-state index contributed by atoms with van der Waals surface area (Å²) in [5.41, 5.74) is 6.78. The first-order chi connectivity index (χ1) is 18.6. The third kappa shape index (κ3) is 5.72. The van der Waals surface area contributed by atoms with E-state index in [1.807, 2.05) is 48.5 Å². The number of fused-ring (bicyclic) bond motifs is 1. The standard InChI is InChI=1S/C32H27N3O3/c1-22(16-33)14-23(18-35-2)20-37-32-15-31(28-13-7-12-27(28)30(32)19-36)38-21-25-10-6-11-26(29(25)17-34)24-8-4-3-5-9-24/h3-6,8-11,14-15,18-19H,2,7,12-13,20-21H2,1H3/b22-14+,23-18+. The highest BCUT2D eigenvalue weighted by molar-refractivity contribution is 5.84. The van der Waals surface area contributed by atoms with Crippen molar-refractivity contribution in [2.75, 3.05) is 6.61 Å². The Balaban J connectivity index is 1.65. The lowest BCUT2D eigenvalue weighted by molar-refractivity contribution is 0.111. The molecule has 1 aliphatic rings. The van der Waals surface area contributed by atoms with Crippen molar-refractivity contribution >= 4 is 13.0 Å². The summed E-state index contributed by atoms with van der Waals surface area (Å²) < 4.78 is 12.4. The summed E-state index contributed by atoms with van der Waals surface area (Å²) in [6.07, 6.45) is 6.49. The molecular formula is C32H27N3O3. The average molecular weight is 502 g/mol. The number of aliphatic imine (C=N–C) groups is 1. The van der Waals surface area contributed by atoms with E-state index in [-0.39, 0.29) is 13.2 Å². The van der Waals surface area contributed by atoms with Gasteiger partial charge in [0, 0.05) is 29.0 Å². The number of rotatable bonds is 10. The SMILES string of the molecule is C=N/C=C(\C=C(/C)C#N)COc1cc(OCc2cccc(-c3ccccc3)c2C#N)c2c(c1C=O)CCC2. The van der Waals surface area contributed by atoms with Crippen LogP contribution >= 0.6 is 0 Å². The van der Waals surface area contributed by atoms with Crippen LogP contribution in [0.5, 0.6) is 11.5 Å². The van der Waals surface area contributed by atoms with Crippen LogP contribution < -0.4 is 9.47 Å². The number of hydrogen-bond acceptors (Lipinski definition) is 6. The first-order valence-corrected chi connectivity index (χ1v) is 12.3. The van der Waals surface area contributed by atoms with Gasteiger partial charge >= 0.3 is 0 Å². The molecule has 38 heavy (non-hydrogen) atoms. The van der Waals surface area contributed by atoms with Crippen molar-refractivity contribution in [1.29, 1.82) is 10.5 Å². The van der Waals surface area contributed by atoms with Crippen LogP contribution in [0.15, 0.2) is 83.0 Å². The molecule has 0 fully saturated rings. The van der Waals surface area contributed by atoms with Gasteiger partial charge in [0.1, 0.15) is 30.8 Å². The van der Waals surface area contributed by atoms with Crippen molar-refractivity contribution < 1.29 is 14.3 Å². The molecule has 3 aromatic carbocycles. The van der Waals surface area contributed by atoms with Gasteiger partial charge in [0.25, 0.3) is 0 Å². The smallest absolute Gasteiger partial charge is 0.154 e. The molecule has 0 amide bonds. The minimum absolute atomic E-state index is 0.106. The maximum absolute atomic E-state index is 12.1. The van der Waals surface area contributed by atoms with Crippen molar-refractivity contribution in [3.63, 3.8) is 0 Å². The lowest BCUT2D eigenvalue weighted by Gasteiger charge is -2.18. The van der Waals surface area contributed by atoms with Crippen molar-refractivity contribution in [1.82, 2.24) is 0 Å². The van der Waals surface area contributed by atoms with Gasteiger partial charge < -0.3 is 9.47 Å². The molecule has 0 bridgehead atoms. The molecule has 0 saturated heterocycles. The van der Waals surface area contributed by atoms with Crippen LogP contribution in [0.25, 0.3) is 11.1 Å². The summed E-state index contributed by atoms with van der Waals surface area (Å²) in [5, 5.41) is 19.1. The summed E-state index contributed by atoms with van der Waals surface area (Å²) in [4.78, 5) is 15.9. The van der Waals surface area contributed by atoms with Gasteiger partial charge in [-0.1, -0.05) is 48.5 Å². The number of carbonyl (C=O) groups excluding carboxylic acids is 1. The monoisotopic (exact) mass is 501 g/mol. The molecule has 188 valence electrons. The molecule has 4 rings (SSSR count). The second-order valence-corrected chi connectivity index (χ2v) is 8.94. The minimum atomic E-state index is 0.106. The molecule has 0 N–H and O–H groups in total. The van der Waals surface area contributed by atoms with E-state index >= 15 is 0 Å². The number of aldehydes is 1. The highest BCUT2D eigenvalue weighted by Gasteiger charge is 2.24. The van der Waals surface area contributed by atoms with Crippen LogP contribution in [0.4, 0.5) is 0 Å². The molecule has 0 heterocycles. The van der Waals surface area contributed by atoms with Crippen LogP contribution in [0.1, 0.15) is 46.0 Å². The zero-order chi connectivity index (χ0) is 26.9. The maximum Gasteiger partial charge on any atom is 0.154 e. The number of nitriles is 2. The van der Waals surface area contributed by atoms with Crippen molar-refractivity contribution in [2.24, 2.45) is 4.99 Å². The third-order valence-corrected chi connectivity index (χ3v) is 6.45. The Hall–Kier alpha value is -4.94. The number of benzene rings is 3. The van der Waals surface area contributed by atoms with Gasteiger partial charge in [0.2, 0.25) is 0 Å². The van der Waals surface area contributed by atoms with E-state index in [9.17, 15) is 10.1 Å². The quantitative estimate of drug-likeness (QED) is 0.136. The number of carbonyl (C=O) groups is 1. The Bertz CT molecular complexity index is 1510. The van der Waals surface area contributed by atoms with Gasteiger partial charge in [0.15, 0.2) is 6.29 Å². The van der Waals surface area contributed by atoms with Gasteiger partial charge in [0.05, 0.1) is 17.2 Å². The number of ether oxygens (including phenoxy) is 2. The van der Waals surface area contributed by atoms with Crippen molar-refractivity contribution in [3.05, 3.63) is 106 Å². The molecule has 0 unspecified atom stereocenters. The topological polar surface area (TPSA) is 95.5 Å². The molecule has 3 aromatic rings. The fraction of sp³-hybridized carbons (Fsp3) is 0.188. The Morgan fingerprint density at radius 3 is 2.55 bits per heavy atom. The fourth-order valence-corrected chi connectivity index (χ4v) is 4.69. The summed E-state index contributed by atoms with van der Waals surface area (Å²) in [7, 11) is 0. The van der Waals surface area contributed by atoms with Crippen molar-refractivity contribution in [2.45, 2.75) is 32.8 Å². The summed E-state index contributed by atoms with van der Waals surface area (Å²) in [6, 6.07) is 21.7. The van der Waals surface area contributed by atoms with Gasteiger partial charge in [-0.2, -0.15) is 10.5 Å². The van der Waals surface area contributed by atoms with Crippen LogP contribution in [-0.4, -0.2) is 19.6 Å². The first-order valence-electron chi connectivity index (χ1n) is 12.3. The lowest BCUT2D eigenvalue weighted by atomic mass is 9.96. The van der Waals surface area contributed by atoms with Gasteiger partial charge in [-0.3, -0.25) is 9.79 Å². The molecule has 6 nitrogen and oxygen atoms in total. The molecule has 6 heteroatoms.